The quantitative estimate of drug-likeness (QED) is 0.347. The number of fused-ring (bicyclic) bond motifs is 1. The van der Waals surface area contributed by atoms with Crippen LogP contribution in [0.15, 0.2) is 0 Å². The first kappa shape index (κ1) is 22.7. The number of ether oxygens (including phenoxy) is 5. The predicted molar refractivity (Wildman–Crippen MR) is 107 cm³/mol. The molecule has 10 nitrogen and oxygen atoms in total. The van der Waals surface area contributed by atoms with Crippen molar-refractivity contribution in [2.75, 3.05) is 21.0 Å². The molecule has 0 aromatic heterocycles. The fourth-order valence-corrected chi connectivity index (χ4v) is 8.42. The Morgan fingerprint density at radius 1 is 1.18 bits per heavy atom. The van der Waals surface area contributed by atoms with E-state index in [1.165, 1.54) is 21.1 Å². The van der Waals surface area contributed by atoms with Gasteiger partial charge in [0, 0.05) is 37.7 Å². The Morgan fingerprint density at radius 3 is 2.55 bits per heavy atom. The molecule has 1 aliphatic heterocycles. The van der Waals surface area contributed by atoms with E-state index in [4.69, 9.17) is 23.7 Å². The lowest BCUT2D eigenvalue weighted by molar-refractivity contribution is -0.177. The number of aliphatic hydroxyl groups is 1. The lowest BCUT2D eigenvalue weighted by Gasteiger charge is -2.46. The third kappa shape index (κ3) is 2.44. The number of methoxy groups -OCH3 is 2. The van der Waals surface area contributed by atoms with E-state index in [1.54, 1.807) is 6.92 Å². The Morgan fingerprint density at radius 2 is 1.91 bits per heavy atom. The van der Waals surface area contributed by atoms with Crippen LogP contribution in [0.2, 0.25) is 0 Å². The van der Waals surface area contributed by atoms with Crippen LogP contribution in [0, 0.1) is 28.6 Å². The molecule has 1 heterocycles. The highest BCUT2D eigenvalue weighted by Crippen LogP contribution is 2.78. The summed E-state index contributed by atoms with van der Waals surface area (Å²) in [4.78, 5) is 52.0. The molecule has 0 amide bonds. The summed E-state index contributed by atoms with van der Waals surface area (Å²) in [6.45, 7) is 2.92. The summed E-state index contributed by atoms with van der Waals surface area (Å²) in [5.74, 6) is -4.42. The molecule has 0 radical (unpaired) electrons. The lowest BCUT2D eigenvalue weighted by Crippen LogP contribution is -2.54. The van der Waals surface area contributed by atoms with Crippen molar-refractivity contribution in [1.29, 1.82) is 0 Å². The van der Waals surface area contributed by atoms with Crippen molar-refractivity contribution in [2.24, 2.45) is 28.6 Å². The van der Waals surface area contributed by atoms with Crippen LogP contribution in [0.1, 0.15) is 46.0 Å². The highest BCUT2D eigenvalue weighted by Gasteiger charge is 2.87. The molecule has 0 aromatic carbocycles. The van der Waals surface area contributed by atoms with Gasteiger partial charge in [-0.05, 0) is 32.6 Å². The molecule has 0 unspecified atom stereocenters. The Labute approximate surface area is 191 Å². The van der Waals surface area contributed by atoms with E-state index in [1.807, 2.05) is 0 Å². The van der Waals surface area contributed by atoms with E-state index in [9.17, 15) is 24.3 Å². The number of hydrogen-bond acceptors (Lipinski definition) is 10. The molecule has 5 aliphatic rings. The van der Waals surface area contributed by atoms with Crippen LogP contribution in [-0.2, 0) is 42.9 Å². The predicted octanol–water partition coefficient (Wildman–Crippen LogP) is 0.522. The van der Waals surface area contributed by atoms with Gasteiger partial charge in [0.1, 0.15) is 18.5 Å². The topological polar surface area (TPSA) is 135 Å². The minimum absolute atomic E-state index is 0.000507. The van der Waals surface area contributed by atoms with Crippen molar-refractivity contribution in [3.8, 4) is 0 Å². The zero-order valence-electron chi connectivity index (χ0n) is 19.3. The zero-order chi connectivity index (χ0) is 24.0. The van der Waals surface area contributed by atoms with Crippen LogP contribution >= 0.6 is 0 Å². The molecule has 1 saturated heterocycles. The number of carbonyl (C=O) groups is 4. The van der Waals surface area contributed by atoms with Gasteiger partial charge in [-0.1, -0.05) is 0 Å². The summed E-state index contributed by atoms with van der Waals surface area (Å²) in [6, 6.07) is 0. The van der Waals surface area contributed by atoms with Crippen molar-refractivity contribution < 1.29 is 48.0 Å². The fourth-order valence-electron chi connectivity index (χ4n) is 8.42. The van der Waals surface area contributed by atoms with Gasteiger partial charge in [-0.25, -0.2) is 0 Å². The van der Waals surface area contributed by atoms with Crippen LogP contribution in [0.25, 0.3) is 0 Å². The largest absolute Gasteiger partial charge is 0.469 e. The number of aliphatic hydroxyl groups excluding tert-OH is 1. The maximum Gasteiger partial charge on any atom is 0.315 e. The first-order chi connectivity index (χ1) is 15.5. The lowest BCUT2D eigenvalue weighted by atomic mass is 9.58. The highest BCUT2D eigenvalue weighted by atomic mass is 16.7. The van der Waals surface area contributed by atoms with Gasteiger partial charge >= 0.3 is 17.9 Å². The molecule has 5 rings (SSSR count). The molecule has 4 aliphatic carbocycles. The highest BCUT2D eigenvalue weighted by molar-refractivity contribution is 5.98. The van der Waals surface area contributed by atoms with Crippen molar-refractivity contribution in [3.05, 3.63) is 0 Å². The van der Waals surface area contributed by atoms with E-state index in [0.717, 1.165) is 0 Å². The molecule has 5 fully saturated rings. The summed E-state index contributed by atoms with van der Waals surface area (Å²) in [7, 11) is 2.73. The van der Waals surface area contributed by atoms with Crippen LogP contribution in [0.5, 0.6) is 0 Å². The Kier molecular flexibility index (Phi) is 4.82. The third-order valence-corrected chi connectivity index (χ3v) is 9.33. The second-order valence-corrected chi connectivity index (χ2v) is 10.4. The number of Topliss-reactive ketones (excluding diaryl/α,β-unsaturated/α-hetero) is 1. The monoisotopic (exact) mass is 466 g/mol. The number of esters is 3. The Hall–Kier alpha value is -2.04. The average molecular weight is 466 g/mol. The van der Waals surface area contributed by atoms with Crippen LogP contribution in [-0.4, -0.2) is 73.2 Å². The first-order valence-electron chi connectivity index (χ1n) is 11.4. The summed E-state index contributed by atoms with van der Waals surface area (Å²) in [5, 5.41) is 11.4. The van der Waals surface area contributed by atoms with E-state index in [-0.39, 0.29) is 19.6 Å². The second kappa shape index (κ2) is 6.99. The normalized spacial score (nSPS) is 49.3. The SMILES string of the molecule is COCO[C@H]1CC[C@]23OC(=O)[C@@]1(C)[C@H]2[C@H](C(=O)OC)[C@]12C[C@](OC(C)=O)(CC[C@@H]31)C(=O)[C@H]2O. The van der Waals surface area contributed by atoms with E-state index in [2.05, 4.69) is 0 Å². The van der Waals surface area contributed by atoms with E-state index < -0.39 is 75.7 Å². The van der Waals surface area contributed by atoms with Crippen molar-refractivity contribution in [2.45, 2.75) is 69.4 Å². The molecular formula is C23H30O10. The average Bonchev–Trinajstić information content (AvgIpc) is 3.18. The van der Waals surface area contributed by atoms with Gasteiger partial charge in [0.2, 0.25) is 5.78 Å². The van der Waals surface area contributed by atoms with Gasteiger partial charge in [-0.3, -0.25) is 19.2 Å². The van der Waals surface area contributed by atoms with E-state index >= 15 is 0 Å². The molecule has 182 valence electrons. The zero-order valence-corrected chi connectivity index (χ0v) is 19.3. The maximum absolute atomic E-state index is 13.4. The Balaban J connectivity index is 1.69. The molecule has 4 bridgehead atoms. The van der Waals surface area contributed by atoms with Gasteiger partial charge in [0.05, 0.1) is 24.5 Å². The van der Waals surface area contributed by atoms with Crippen molar-refractivity contribution in [3.63, 3.8) is 0 Å². The fraction of sp³-hybridized carbons (Fsp3) is 0.826. The van der Waals surface area contributed by atoms with Gasteiger partial charge in [0.25, 0.3) is 0 Å². The smallest absolute Gasteiger partial charge is 0.315 e. The number of hydrogen-bond donors (Lipinski definition) is 1. The minimum atomic E-state index is -1.55. The van der Waals surface area contributed by atoms with Gasteiger partial charge in [0.15, 0.2) is 5.60 Å². The standard InChI is InChI=1S/C23H30O10/c1-11(24)32-21-7-5-12-22(9-21,17(26)16(21)25)14(18(27)30-4)15-20(2)13(31-10-29-3)6-8-23(12,15)33-19(20)28/h12-15,17,26H,5-10H2,1-4H3/t12-,13+,14-,15-,17-,20-,21-,22+,23-/m1/s1. The first-order valence-corrected chi connectivity index (χ1v) is 11.4. The summed E-state index contributed by atoms with van der Waals surface area (Å²) >= 11 is 0. The van der Waals surface area contributed by atoms with Crippen LogP contribution < -0.4 is 0 Å². The molecule has 10 heteroatoms. The number of ketones is 1. The van der Waals surface area contributed by atoms with Gasteiger partial charge < -0.3 is 28.8 Å². The second-order valence-electron chi connectivity index (χ2n) is 10.4. The molecule has 4 saturated carbocycles. The van der Waals surface area contributed by atoms with Crippen LogP contribution in [0.4, 0.5) is 0 Å². The molecule has 9 atom stereocenters. The van der Waals surface area contributed by atoms with Gasteiger partial charge in [-0.15, -0.1) is 0 Å². The Bertz CT molecular complexity index is 932. The third-order valence-electron chi connectivity index (χ3n) is 9.33. The van der Waals surface area contributed by atoms with Crippen molar-refractivity contribution >= 4 is 23.7 Å². The maximum atomic E-state index is 13.4. The van der Waals surface area contributed by atoms with Crippen LogP contribution in [0.3, 0.4) is 0 Å². The minimum Gasteiger partial charge on any atom is -0.469 e. The van der Waals surface area contributed by atoms with Gasteiger partial charge in [-0.2, -0.15) is 0 Å². The molecule has 1 spiro atoms. The number of carbonyl (C=O) groups excluding carboxylic acids is 4. The molecule has 0 aromatic rings. The summed E-state index contributed by atoms with van der Waals surface area (Å²) in [5.41, 5.74) is -4.99. The summed E-state index contributed by atoms with van der Waals surface area (Å²) in [6.07, 6.45) is -0.616. The molecular weight excluding hydrogens is 436 g/mol. The molecule has 1 N–H and O–H groups in total. The summed E-state index contributed by atoms with van der Waals surface area (Å²) < 4.78 is 27.8. The van der Waals surface area contributed by atoms with E-state index in [0.29, 0.717) is 19.3 Å². The number of rotatable bonds is 5. The molecule has 33 heavy (non-hydrogen) atoms. The van der Waals surface area contributed by atoms with Crippen molar-refractivity contribution in [1.82, 2.24) is 0 Å².